The van der Waals surface area contributed by atoms with Crippen LogP contribution in [0.4, 0.5) is 5.69 Å². The quantitative estimate of drug-likeness (QED) is 0.487. The van der Waals surface area contributed by atoms with Crippen molar-refractivity contribution in [2.45, 2.75) is 6.92 Å². The summed E-state index contributed by atoms with van der Waals surface area (Å²) in [4.78, 5) is 3.82. The number of nitrogens with two attached hydrogens (primary N) is 2. The van der Waals surface area contributed by atoms with E-state index in [1.54, 1.807) is 12.1 Å². The average Bonchev–Trinajstić information content (AvgIpc) is 2.07. The smallest absolute Gasteiger partial charge is 0.191 e. The van der Waals surface area contributed by atoms with Gasteiger partial charge in [-0.1, -0.05) is 6.07 Å². The molecule has 66 valence electrons. The van der Waals surface area contributed by atoms with E-state index >= 15 is 0 Å². The molecule has 13 heavy (non-hydrogen) atoms. The van der Waals surface area contributed by atoms with Gasteiger partial charge in [-0.15, -0.1) is 0 Å². The number of aryl methyl sites for hydroxylation is 1. The lowest BCUT2D eigenvalue weighted by Crippen LogP contribution is -2.22. The molecule has 4 heteroatoms. The summed E-state index contributed by atoms with van der Waals surface area (Å²) in [6.07, 6.45) is 0. The molecule has 0 amide bonds. The fraction of sp³-hybridized carbons (Fsp3) is 0.111. The van der Waals surface area contributed by atoms with Gasteiger partial charge in [0, 0.05) is 0 Å². The van der Waals surface area contributed by atoms with E-state index in [9.17, 15) is 0 Å². The fourth-order valence-electron chi connectivity index (χ4n) is 0.976. The van der Waals surface area contributed by atoms with Crippen molar-refractivity contribution in [3.05, 3.63) is 29.3 Å². The molecule has 0 bridgehead atoms. The van der Waals surface area contributed by atoms with Crippen molar-refractivity contribution < 1.29 is 0 Å². The first-order valence-electron chi connectivity index (χ1n) is 3.74. The molecule has 1 rings (SSSR count). The Morgan fingerprint density at radius 1 is 1.46 bits per heavy atom. The van der Waals surface area contributed by atoms with Gasteiger partial charge in [-0.2, -0.15) is 5.26 Å². The molecule has 1 aromatic carbocycles. The highest BCUT2D eigenvalue weighted by molar-refractivity contribution is 5.80. The van der Waals surface area contributed by atoms with Gasteiger partial charge in [0.1, 0.15) is 6.07 Å². The molecule has 0 saturated heterocycles. The Morgan fingerprint density at radius 3 is 2.69 bits per heavy atom. The molecular formula is C9H10N4. The van der Waals surface area contributed by atoms with Crippen LogP contribution in [0, 0.1) is 18.3 Å². The molecule has 0 spiro atoms. The van der Waals surface area contributed by atoms with Crippen molar-refractivity contribution in [1.82, 2.24) is 0 Å². The van der Waals surface area contributed by atoms with Gasteiger partial charge in [0.25, 0.3) is 0 Å². The maximum atomic E-state index is 8.75. The van der Waals surface area contributed by atoms with E-state index in [2.05, 4.69) is 4.99 Å². The minimum atomic E-state index is -0.0413. The number of hydrogen-bond acceptors (Lipinski definition) is 2. The summed E-state index contributed by atoms with van der Waals surface area (Å²) in [5.41, 5.74) is 12.4. The highest BCUT2D eigenvalue weighted by Gasteiger charge is 2.00. The topological polar surface area (TPSA) is 88.2 Å². The van der Waals surface area contributed by atoms with Crippen LogP contribution >= 0.6 is 0 Å². The number of rotatable bonds is 1. The first kappa shape index (κ1) is 9.07. The Morgan fingerprint density at radius 2 is 2.15 bits per heavy atom. The van der Waals surface area contributed by atoms with Gasteiger partial charge < -0.3 is 11.5 Å². The molecule has 0 aromatic heterocycles. The van der Waals surface area contributed by atoms with Gasteiger partial charge in [-0.25, -0.2) is 4.99 Å². The number of aliphatic imine (C=N–C) groups is 1. The van der Waals surface area contributed by atoms with E-state index in [1.165, 1.54) is 0 Å². The molecule has 0 heterocycles. The summed E-state index contributed by atoms with van der Waals surface area (Å²) in [6.45, 7) is 1.90. The van der Waals surface area contributed by atoms with Gasteiger partial charge >= 0.3 is 0 Å². The second-order valence-corrected chi connectivity index (χ2v) is 2.67. The molecule has 0 unspecified atom stereocenters. The van der Waals surface area contributed by atoms with Crippen LogP contribution < -0.4 is 11.5 Å². The van der Waals surface area contributed by atoms with Crippen LogP contribution in [-0.4, -0.2) is 5.96 Å². The van der Waals surface area contributed by atoms with E-state index < -0.39 is 0 Å². The zero-order valence-corrected chi connectivity index (χ0v) is 7.28. The van der Waals surface area contributed by atoms with Crippen LogP contribution in [0.5, 0.6) is 0 Å². The lowest BCUT2D eigenvalue weighted by molar-refractivity contribution is 1.36. The van der Waals surface area contributed by atoms with Crippen LogP contribution in [-0.2, 0) is 0 Å². The highest BCUT2D eigenvalue weighted by atomic mass is 15.0. The Hall–Kier alpha value is -2.02. The molecule has 0 saturated carbocycles. The predicted molar refractivity (Wildman–Crippen MR) is 51.4 cm³/mol. The van der Waals surface area contributed by atoms with Crippen LogP contribution in [0.15, 0.2) is 23.2 Å². The normalized spacial score (nSPS) is 8.92. The lowest BCUT2D eigenvalue weighted by atomic mass is 10.1. The van der Waals surface area contributed by atoms with Crippen molar-refractivity contribution >= 4 is 11.6 Å². The third-order valence-electron chi connectivity index (χ3n) is 1.52. The lowest BCUT2D eigenvalue weighted by Gasteiger charge is -1.99. The first-order valence-corrected chi connectivity index (χ1v) is 3.74. The van der Waals surface area contributed by atoms with Crippen LogP contribution in [0.2, 0.25) is 0 Å². The van der Waals surface area contributed by atoms with E-state index in [-0.39, 0.29) is 5.96 Å². The molecule has 0 fully saturated rings. The Balaban J connectivity index is 3.24. The molecule has 0 aliphatic heterocycles. The van der Waals surface area contributed by atoms with Crippen LogP contribution in [0.25, 0.3) is 0 Å². The third-order valence-corrected chi connectivity index (χ3v) is 1.52. The maximum absolute atomic E-state index is 8.75. The van der Waals surface area contributed by atoms with Gasteiger partial charge in [-0.05, 0) is 24.6 Å². The molecular weight excluding hydrogens is 164 g/mol. The largest absolute Gasteiger partial charge is 0.370 e. The van der Waals surface area contributed by atoms with E-state index in [0.717, 1.165) is 5.56 Å². The maximum Gasteiger partial charge on any atom is 0.191 e. The third kappa shape index (κ3) is 2.20. The minimum absolute atomic E-state index is 0.0413. The van der Waals surface area contributed by atoms with Crippen LogP contribution in [0.1, 0.15) is 11.1 Å². The second kappa shape index (κ2) is 3.59. The SMILES string of the molecule is Cc1ccc(N=C(N)N)c(C#N)c1. The van der Waals surface area contributed by atoms with Crippen molar-refractivity contribution in [3.8, 4) is 6.07 Å². The summed E-state index contributed by atoms with van der Waals surface area (Å²) in [5, 5.41) is 8.75. The standard InChI is InChI=1S/C9H10N4/c1-6-2-3-8(13-9(11)12)7(4-6)5-10/h2-4H,1H3,(H4,11,12,13). The number of guanidine groups is 1. The predicted octanol–water partition coefficient (Wildman–Crippen LogP) is 0.772. The Labute approximate surface area is 76.5 Å². The van der Waals surface area contributed by atoms with E-state index in [0.29, 0.717) is 11.3 Å². The van der Waals surface area contributed by atoms with Crippen molar-refractivity contribution in [1.29, 1.82) is 5.26 Å². The van der Waals surface area contributed by atoms with Gasteiger partial charge in [0.05, 0.1) is 11.3 Å². The van der Waals surface area contributed by atoms with Crippen molar-refractivity contribution in [2.24, 2.45) is 16.5 Å². The average molecular weight is 174 g/mol. The summed E-state index contributed by atoms with van der Waals surface area (Å²) >= 11 is 0. The summed E-state index contributed by atoms with van der Waals surface area (Å²) < 4.78 is 0. The number of nitrogens with zero attached hydrogens (tertiary/aromatic N) is 2. The number of hydrogen-bond donors (Lipinski definition) is 2. The van der Waals surface area contributed by atoms with E-state index in [4.69, 9.17) is 16.7 Å². The Bertz CT molecular complexity index is 383. The molecule has 0 aliphatic carbocycles. The molecule has 0 aliphatic rings. The number of benzene rings is 1. The molecule has 4 N–H and O–H groups in total. The second-order valence-electron chi connectivity index (χ2n) is 2.67. The summed E-state index contributed by atoms with van der Waals surface area (Å²) in [7, 11) is 0. The Kier molecular flexibility index (Phi) is 2.50. The van der Waals surface area contributed by atoms with Gasteiger partial charge in [0.15, 0.2) is 5.96 Å². The van der Waals surface area contributed by atoms with Crippen molar-refractivity contribution in [3.63, 3.8) is 0 Å². The number of nitriles is 1. The molecule has 4 nitrogen and oxygen atoms in total. The summed E-state index contributed by atoms with van der Waals surface area (Å²) in [6, 6.07) is 7.33. The zero-order chi connectivity index (χ0) is 9.84. The molecule has 0 atom stereocenters. The summed E-state index contributed by atoms with van der Waals surface area (Å²) in [5.74, 6) is -0.0413. The first-order chi connectivity index (χ1) is 6.13. The molecule has 1 aromatic rings. The monoisotopic (exact) mass is 174 g/mol. The zero-order valence-electron chi connectivity index (χ0n) is 7.28. The highest BCUT2D eigenvalue weighted by Crippen LogP contribution is 2.18. The molecule has 0 radical (unpaired) electrons. The van der Waals surface area contributed by atoms with Gasteiger partial charge in [-0.3, -0.25) is 0 Å². The fourth-order valence-corrected chi connectivity index (χ4v) is 0.976. The van der Waals surface area contributed by atoms with E-state index in [1.807, 2.05) is 19.1 Å². The van der Waals surface area contributed by atoms with Crippen molar-refractivity contribution in [2.75, 3.05) is 0 Å². The van der Waals surface area contributed by atoms with Gasteiger partial charge in [0.2, 0.25) is 0 Å². The van der Waals surface area contributed by atoms with Crippen LogP contribution in [0.3, 0.4) is 0 Å². The minimum Gasteiger partial charge on any atom is -0.370 e.